The van der Waals surface area contributed by atoms with Gasteiger partial charge in [0.15, 0.2) is 0 Å². The molecule has 6 nitrogen and oxygen atoms in total. The van der Waals surface area contributed by atoms with Crippen LogP contribution in [0.15, 0.2) is 41.3 Å². The van der Waals surface area contributed by atoms with Gasteiger partial charge in [0.2, 0.25) is 10.0 Å². The van der Waals surface area contributed by atoms with E-state index in [-0.39, 0.29) is 10.6 Å². The number of aryl methyl sites for hydroxylation is 1. The second-order valence-electron chi connectivity index (χ2n) is 6.00. The van der Waals surface area contributed by atoms with E-state index in [0.717, 1.165) is 17.2 Å². The number of hydrogen-bond donors (Lipinski definition) is 0. The molecule has 0 bridgehead atoms. The Morgan fingerprint density at radius 3 is 2.46 bits per heavy atom. The summed E-state index contributed by atoms with van der Waals surface area (Å²) >= 11 is 0. The highest BCUT2D eigenvalue weighted by atomic mass is 32.2. The summed E-state index contributed by atoms with van der Waals surface area (Å²) in [7, 11) is -3.77. The van der Waals surface area contributed by atoms with Gasteiger partial charge in [-0.3, -0.25) is 10.1 Å². The van der Waals surface area contributed by atoms with Gasteiger partial charge in [0.25, 0.3) is 5.69 Å². The van der Waals surface area contributed by atoms with E-state index in [1.165, 1.54) is 10.4 Å². The van der Waals surface area contributed by atoms with Crippen LogP contribution >= 0.6 is 0 Å². The van der Waals surface area contributed by atoms with Gasteiger partial charge in [-0.05, 0) is 43.0 Å². The maximum atomic E-state index is 12.9. The van der Waals surface area contributed by atoms with Gasteiger partial charge in [0.05, 0.1) is 9.82 Å². The van der Waals surface area contributed by atoms with Crippen LogP contribution in [0.25, 0.3) is 0 Å². The van der Waals surface area contributed by atoms with Gasteiger partial charge in [-0.2, -0.15) is 4.31 Å². The number of hydrogen-bond acceptors (Lipinski definition) is 4. The van der Waals surface area contributed by atoms with Gasteiger partial charge in [-0.25, -0.2) is 8.42 Å². The Labute approximate surface area is 140 Å². The molecule has 1 heterocycles. The van der Waals surface area contributed by atoms with Crippen molar-refractivity contribution >= 4 is 15.7 Å². The molecule has 126 valence electrons. The maximum Gasteiger partial charge on any atom is 0.273 e. The molecule has 0 spiro atoms. The molecule has 0 atom stereocenters. The Hall–Kier alpha value is -2.25. The van der Waals surface area contributed by atoms with Crippen molar-refractivity contribution < 1.29 is 13.3 Å². The van der Waals surface area contributed by atoms with Gasteiger partial charge < -0.3 is 0 Å². The molecule has 0 saturated carbocycles. The SMILES string of the molecule is Cc1cc(S(=O)(=O)N2CCc3ccccc3C2)cc([N+](=O)[O-])c1C. The third-order valence-corrected chi connectivity index (χ3v) is 6.37. The molecule has 24 heavy (non-hydrogen) atoms. The van der Waals surface area contributed by atoms with Crippen molar-refractivity contribution in [1.29, 1.82) is 0 Å². The van der Waals surface area contributed by atoms with Crippen molar-refractivity contribution in [1.82, 2.24) is 4.31 Å². The van der Waals surface area contributed by atoms with Crippen LogP contribution < -0.4 is 0 Å². The normalized spacial score (nSPS) is 15.1. The largest absolute Gasteiger partial charge is 0.273 e. The first-order chi connectivity index (χ1) is 11.3. The highest BCUT2D eigenvalue weighted by Crippen LogP contribution is 2.30. The van der Waals surface area contributed by atoms with Crippen LogP contribution in [0, 0.1) is 24.0 Å². The fraction of sp³-hybridized carbons (Fsp3) is 0.294. The molecule has 0 amide bonds. The van der Waals surface area contributed by atoms with E-state index in [2.05, 4.69) is 0 Å². The Kier molecular flexibility index (Phi) is 4.15. The first-order valence-electron chi connectivity index (χ1n) is 7.63. The smallest absolute Gasteiger partial charge is 0.258 e. The summed E-state index contributed by atoms with van der Waals surface area (Å²) in [5, 5.41) is 11.2. The van der Waals surface area contributed by atoms with Crippen molar-refractivity contribution in [2.24, 2.45) is 0 Å². The third-order valence-electron chi connectivity index (χ3n) is 4.54. The third kappa shape index (κ3) is 2.81. The Bertz CT molecular complexity index is 922. The number of nitro benzene ring substituents is 1. The summed E-state index contributed by atoms with van der Waals surface area (Å²) < 4.78 is 27.3. The molecule has 2 aromatic carbocycles. The molecule has 1 aliphatic rings. The lowest BCUT2D eigenvalue weighted by Crippen LogP contribution is -2.36. The van der Waals surface area contributed by atoms with Crippen molar-refractivity contribution in [3.05, 3.63) is 68.8 Å². The molecule has 0 unspecified atom stereocenters. The number of nitro groups is 1. The van der Waals surface area contributed by atoms with E-state index in [1.807, 2.05) is 24.3 Å². The molecule has 7 heteroatoms. The number of nitrogens with zero attached hydrogens (tertiary/aromatic N) is 2. The number of fused-ring (bicyclic) bond motifs is 1. The fourth-order valence-electron chi connectivity index (χ4n) is 2.97. The second kappa shape index (κ2) is 5.99. The number of rotatable bonds is 3. The minimum Gasteiger partial charge on any atom is -0.258 e. The van der Waals surface area contributed by atoms with Crippen LogP contribution in [0.5, 0.6) is 0 Å². The van der Waals surface area contributed by atoms with Gasteiger partial charge in [-0.1, -0.05) is 24.3 Å². The molecule has 0 aromatic heterocycles. The summed E-state index contributed by atoms with van der Waals surface area (Å²) in [4.78, 5) is 10.6. The minimum atomic E-state index is -3.77. The second-order valence-corrected chi connectivity index (χ2v) is 7.94. The van der Waals surface area contributed by atoms with E-state index < -0.39 is 14.9 Å². The van der Waals surface area contributed by atoms with Gasteiger partial charge in [0.1, 0.15) is 0 Å². The van der Waals surface area contributed by atoms with E-state index in [1.54, 1.807) is 13.8 Å². The lowest BCUT2D eigenvalue weighted by Gasteiger charge is -2.28. The first kappa shape index (κ1) is 16.6. The predicted molar refractivity (Wildman–Crippen MR) is 90.3 cm³/mol. The fourth-order valence-corrected chi connectivity index (χ4v) is 4.50. The average Bonchev–Trinajstić information content (AvgIpc) is 2.56. The summed E-state index contributed by atoms with van der Waals surface area (Å²) in [6, 6.07) is 10.4. The lowest BCUT2D eigenvalue weighted by molar-refractivity contribution is -0.385. The molecule has 0 N–H and O–H groups in total. The highest BCUT2D eigenvalue weighted by Gasteiger charge is 2.30. The van der Waals surface area contributed by atoms with Crippen LogP contribution in [0.2, 0.25) is 0 Å². The van der Waals surface area contributed by atoms with E-state index in [0.29, 0.717) is 30.6 Å². The minimum absolute atomic E-state index is 0.0170. The number of sulfonamides is 1. The molecule has 3 rings (SSSR count). The molecule has 0 fully saturated rings. The molecule has 0 saturated heterocycles. The summed E-state index contributed by atoms with van der Waals surface area (Å²) in [6.45, 7) is 3.98. The quantitative estimate of drug-likeness (QED) is 0.632. The van der Waals surface area contributed by atoms with Crippen LogP contribution in [-0.4, -0.2) is 24.2 Å². The van der Waals surface area contributed by atoms with Crippen LogP contribution in [-0.2, 0) is 23.0 Å². The van der Waals surface area contributed by atoms with E-state index >= 15 is 0 Å². The number of benzene rings is 2. The predicted octanol–water partition coefficient (Wildman–Crippen LogP) is 2.96. The monoisotopic (exact) mass is 346 g/mol. The van der Waals surface area contributed by atoms with Crippen LogP contribution in [0.4, 0.5) is 5.69 Å². The van der Waals surface area contributed by atoms with E-state index in [4.69, 9.17) is 0 Å². The van der Waals surface area contributed by atoms with Crippen LogP contribution in [0.3, 0.4) is 0 Å². The molecule has 0 radical (unpaired) electrons. The van der Waals surface area contributed by atoms with Crippen molar-refractivity contribution in [3.8, 4) is 0 Å². The summed E-state index contributed by atoms with van der Waals surface area (Å²) in [6.07, 6.45) is 0.641. The van der Waals surface area contributed by atoms with Gasteiger partial charge >= 0.3 is 0 Å². The zero-order chi connectivity index (χ0) is 17.5. The van der Waals surface area contributed by atoms with Gasteiger partial charge in [0, 0.05) is 24.7 Å². The molecular weight excluding hydrogens is 328 g/mol. The summed E-state index contributed by atoms with van der Waals surface area (Å²) in [5.41, 5.74) is 3.05. The van der Waals surface area contributed by atoms with E-state index in [9.17, 15) is 18.5 Å². The Balaban J connectivity index is 2.02. The molecule has 1 aliphatic heterocycles. The Morgan fingerprint density at radius 2 is 1.79 bits per heavy atom. The Morgan fingerprint density at radius 1 is 1.12 bits per heavy atom. The van der Waals surface area contributed by atoms with Gasteiger partial charge in [-0.15, -0.1) is 0 Å². The van der Waals surface area contributed by atoms with Crippen molar-refractivity contribution in [3.63, 3.8) is 0 Å². The topological polar surface area (TPSA) is 80.5 Å². The zero-order valence-electron chi connectivity index (χ0n) is 13.5. The summed E-state index contributed by atoms with van der Waals surface area (Å²) in [5.74, 6) is 0. The standard InChI is InChI=1S/C17H18N2O4S/c1-12-9-16(10-17(13(12)2)19(20)21)24(22,23)18-8-7-14-5-3-4-6-15(14)11-18/h3-6,9-10H,7-8,11H2,1-2H3. The lowest BCUT2D eigenvalue weighted by atomic mass is 10.0. The molecule has 0 aliphatic carbocycles. The van der Waals surface area contributed by atoms with Crippen molar-refractivity contribution in [2.45, 2.75) is 31.7 Å². The van der Waals surface area contributed by atoms with Crippen molar-refractivity contribution in [2.75, 3.05) is 6.54 Å². The molecule has 2 aromatic rings. The first-order valence-corrected chi connectivity index (χ1v) is 9.07. The molecular formula is C17H18N2O4S. The highest BCUT2D eigenvalue weighted by molar-refractivity contribution is 7.89. The average molecular weight is 346 g/mol. The van der Waals surface area contributed by atoms with Crippen LogP contribution in [0.1, 0.15) is 22.3 Å². The zero-order valence-corrected chi connectivity index (χ0v) is 14.3. The maximum absolute atomic E-state index is 12.9.